The Kier molecular flexibility index (Phi) is 9.55. The molecule has 0 radical (unpaired) electrons. The number of phenolic OH excluding ortho intramolecular Hbond substituents is 1. The molecule has 1 saturated carbocycles. The molecule has 3 aromatic rings. The van der Waals surface area contributed by atoms with Crippen molar-refractivity contribution in [2.45, 2.75) is 84.2 Å². The van der Waals surface area contributed by atoms with Crippen molar-refractivity contribution in [2.75, 3.05) is 0 Å². The summed E-state index contributed by atoms with van der Waals surface area (Å²) < 4.78 is 5.50. The molecule has 222 valence electrons. The summed E-state index contributed by atoms with van der Waals surface area (Å²) in [6.07, 6.45) is 0.966. The Morgan fingerprint density at radius 1 is 0.929 bits per heavy atom. The molecule has 3 N–H and O–H groups in total. The van der Waals surface area contributed by atoms with Gasteiger partial charge in [-0.05, 0) is 87.4 Å². The molecule has 1 aliphatic rings. The van der Waals surface area contributed by atoms with Crippen LogP contribution in [-0.2, 0) is 27.3 Å². The van der Waals surface area contributed by atoms with Crippen molar-refractivity contribution in [1.29, 1.82) is 0 Å². The lowest BCUT2D eigenvalue weighted by molar-refractivity contribution is -0.143. The van der Waals surface area contributed by atoms with Crippen molar-refractivity contribution in [1.82, 2.24) is 15.5 Å². The highest BCUT2D eigenvalue weighted by molar-refractivity contribution is 5.92. The summed E-state index contributed by atoms with van der Waals surface area (Å²) in [5.41, 5.74) is 3.75. The van der Waals surface area contributed by atoms with Crippen LogP contribution < -0.4 is 10.6 Å². The van der Waals surface area contributed by atoms with Crippen LogP contribution in [0.4, 0.5) is 4.79 Å². The lowest BCUT2D eigenvalue weighted by atomic mass is 9.97. The van der Waals surface area contributed by atoms with Crippen LogP contribution >= 0.6 is 0 Å². The van der Waals surface area contributed by atoms with Crippen LogP contribution in [0.15, 0.2) is 72.8 Å². The molecule has 0 aliphatic heterocycles. The first-order chi connectivity index (χ1) is 19.9. The van der Waals surface area contributed by atoms with E-state index in [4.69, 9.17) is 4.74 Å². The van der Waals surface area contributed by atoms with Gasteiger partial charge in [-0.1, -0.05) is 60.7 Å². The molecule has 8 nitrogen and oxygen atoms in total. The van der Waals surface area contributed by atoms with E-state index in [-0.39, 0.29) is 30.0 Å². The van der Waals surface area contributed by atoms with Gasteiger partial charge in [0, 0.05) is 19.0 Å². The number of nitrogens with one attached hydrogen (secondary N) is 2. The predicted molar refractivity (Wildman–Crippen MR) is 162 cm³/mol. The zero-order valence-corrected chi connectivity index (χ0v) is 25.0. The maximum Gasteiger partial charge on any atom is 0.408 e. The number of rotatable bonds is 10. The molecule has 3 amide bonds. The monoisotopic (exact) mass is 571 g/mol. The van der Waals surface area contributed by atoms with Gasteiger partial charge in [0.2, 0.25) is 11.8 Å². The van der Waals surface area contributed by atoms with Crippen LogP contribution in [0.2, 0.25) is 0 Å². The highest BCUT2D eigenvalue weighted by Gasteiger charge is 2.44. The number of phenols is 1. The summed E-state index contributed by atoms with van der Waals surface area (Å²) in [5, 5.41) is 15.6. The number of benzene rings is 3. The smallest absolute Gasteiger partial charge is 0.408 e. The lowest BCUT2D eigenvalue weighted by Gasteiger charge is -2.35. The maximum atomic E-state index is 14.5. The van der Waals surface area contributed by atoms with Crippen molar-refractivity contribution in [3.63, 3.8) is 0 Å². The number of aryl methyl sites for hydroxylation is 2. The van der Waals surface area contributed by atoms with Crippen LogP contribution in [0.5, 0.6) is 5.75 Å². The van der Waals surface area contributed by atoms with Crippen LogP contribution in [-0.4, -0.2) is 45.6 Å². The molecule has 1 aliphatic carbocycles. The maximum absolute atomic E-state index is 14.5. The third kappa shape index (κ3) is 8.35. The fraction of sp³-hybridized carbons (Fsp3) is 0.382. The van der Waals surface area contributed by atoms with E-state index >= 15 is 0 Å². The minimum atomic E-state index is -0.999. The van der Waals surface area contributed by atoms with E-state index < -0.39 is 23.8 Å². The second-order valence-corrected chi connectivity index (χ2v) is 12.0. The molecular formula is C34H41N3O5. The summed E-state index contributed by atoms with van der Waals surface area (Å²) >= 11 is 0. The second-order valence-electron chi connectivity index (χ2n) is 12.0. The Balaban J connectivity index is 1.70. The molecule has 8 heteroatoms. The van der Waals surface area contributed by atoms with Gasteiger partial charge in [-0.2, -0.15) is 0 Å². The quantitative estimate of drug-likeness (QED) is 0.298. The van der Waals surface area contributed by atoms with E-state index in [1.54, 1.807) is 37.8 Å². The zero-order chi connectivity index (χ0) is 30.4. The molecule has 0 saturated heterocycles. The predicted octanol–water partition coefficient (Wildman–Crippen LogP) is 5.49. The second kappa shape index (κ2) is 13.1. The van der Waals surface area contributed by atoms with Gasteiger partial charge >= 0.3 is 6.09 Å². The molecule has 1 fully saturated rings. The van der Waals surface area contributed by atoms with E-state index in [1.165, 1.54) is 12.1 Å². The minimum absolute atomic E-state index is 0.103. The Labute approximate surface area is 248 Å². The summed E-state index contributed by atoms with van der Waals surface area (Å²) in [6.45, 7) is 9.58. The Morgan fingerprint density at radius 3 is 2.19 bits per heavy atom. The fourth-order valence-electron chi connectivity index (χ4n) is 4.82. The Morgan fingerprint density at radius 2 is 1.60 bits per heavy atom. The summed E-state index contributed by atoms with van der Waals surface area (Å²) in [6, 6.07) is 19.9. The molecule has 2 atom stereocenters. The first-order valence-electron chi connectivity index (χ1n) is 14.4. The first-order valence-corrected chi connectivity index (χ1v) is 14.4. The van der Waals surface area contributed by atoms with E-state index in [2.05, 4.69) is 10.6 Å². The van der Waals surface area contributed by atoms with Gasteiger partial charge in [-0.15, -0.1) is 0 Å². The van der Waals surface area contributed by atoms with E-state index in [1.807, 2.05) is 62.4 Å². The van der Waals surface area contributed by atoms with E-state index in [0.29, 0.717) is 12.1 Å². The third-order valence-electron chi connectivity index (χ3n) is 7.24. The topological polar surface area (TPSA) is 108 Å². The molecule has 0 bridgehead atoms. The molecule has 3 aromatic carbocycles. The van der Waals surface area contributed by atoms with Crippen molar-refractivity contribution >= 4 is 17.9 Å². The van der Waals surface area contributed by atoms with Crippen LogP contribution in [0, 0.1) is 13.8 Å². The fourth-order valence-corrected chi connectivity index (χ4v) is 4.82. The number of alkyl carbamates (subject to hydrolysis) is 1. The van der Waals surface area contributed by atoms with Gasteiger partial charge in [-0.3, -0.25) is 9.59 Å². The first kappa shape index (κ1) is 30.6. The Hall–Kier alpha value is -4.33. The van der Waals surface area contributed by atoms with Crippen molar-refractivity contribution < 1.29 is 24.2 Å². The molecule has 0 heterocycles. The number of carbonyl (C=O) groups excluding carboxylic acids is 3. The average molecular weight is 572 g/mol. The van der Waals surface area contributed by atoms with Gasteiger partial charge < -0.3 is 25.4 Å². The van der Waals surface area contributed by atoms with Crippen molar-refractivity contribution in [2.24, 2.45) is 0 Å². The van der Waals surface area contributed by atoms with Crippen LogP contribution in [0.3, 0.4) is 0 Å². The number of amides is 3. The molecule has 2 unspecified atom stereocenters. The SMILES string of the molecule is Cc1ccc(C(C(=O)NCc2ccccc2)N(C(=O)C(Cc2ccc(O)cc2)NC(=O)OC(C)(C)C)C2CC2)cc1C. The number of hydrogen-bond acceptors (Lipinski definition) is 5. The summed E-state index contributed by atoms with van der Waals surface area (Å²) in [4.78, 5) is 43.0. The van der Waals surface area contributed by atoms with Gasteiger partial charge in [0.25, 0.3) is 0 Å². The van der Waals surface area contributed by atoms with Crippen LogP contribution in [0.1, 0.15) is 67.5 Å². The number of nitrogens with zero attached hydrogens (tertiary/aromatic N) is 1. The van der Waals surface area contributed by atoms with Gasteiger partial charge in [-0.25, -0.2) is 4.79 Å². The highest BCUT2D eigenvalue weighted by atomic mass is 16.6. The number of ether oxygens (including phenoxy) is 1. The Bertz CT molecular complexity index is 1390. The van der Waals surface area contributed by atoms with E-state index in [9.17, 15) is 19.5 Å². The lowest BCUT2D eigenvalue weighted by Crippen LogP contribution is -2.54. The van der Waals surface area contributed by atoms with E-state index in [0.717, 1.165) is 35.1 Å². The standard InChI is InChI=1S/C34H41N3O5/c1-22-11-14-26(19-23(22)2)30(31(39)35-21-25-9-7-6-8-10-25)37(27-15-16-27)32(40)29(36-33(41)42-34(3,4)5)20-24-12-17-28(38)18-13-24/h6-14,17-19,27,29-30,38H,15-16,20-21H2,1-5H3,(H,35,39)(H,36,41). The average Bonchev–Trinajstić information content (AvgIpc) is 3.77. The zero-order valence-electron chi connectivity index (χ0n) is 25.0. The molecule has 0 spiro atoms. The third-order valence-corrected chi connectivity index (χ3v) is 7.24. The number of carbonyl (C=O) groups is 3. The van der Waals surface area contributed by atoms with Crippen molar-refractivity contribution in [3.05, 3.63) is 101 Å². The summed E-state index contributed by atoms with van der Waals surface area (Å²) in [5.74, 6) is -0.552. The minimum Gasteiger partial charge on any atom is -0.508 e. The van der Waals surface area contributed by atoms with Gasteiger partial charge in [0.05, 0.1) is 0 Å². The highest BCUT2D eigenvalue weighted by Crippen LogP contribution is 2.36. The molecule has 0 aromatic heterocycles. The molecule has 42 heavy (non-hydrogen) atoms. The van der Waals surface area contributed by atoms with Gasteiger partial charge in [0.15, 0.2) is 0 Å². The number of aromatic hydroxyl groups is 1. The molecule has 4 rings (SSSR count). The van der Waals surface area contributed by atoms with Crippen LogP contribution in [0.25, 0.3) is 0 Å². The number of hydrogen-bond donors (Lipinski definition) is 3. The molecular weight excluding hydrogens is 530 g/mol. The largest absolute Gasteiger partial charge is 0.508 e. The summed E-state index contributed by atoms with van der Waals surface area (Å²) in [7, 11) is 0. The normalized spacial score (nSPS) is 14.4. The van der Waals surface area contributed by atoms with Gasteiger partial charge in [0.1, 0.15) is 23.4 Å². The van der Waals surface area contributed by atoms with Crippen molar-refractivity contribution in [3.8, 4) is 5.75 Å².